The molecular formula is C35H56AuF6NPSb-. The van der Waals surface area contributed by atoms with E-state index in [-0.39, 0.29) is 32.7 Å². The van der Waals surface area contributed by atoms with E-state index in [0.29, 0.717) is 17.8 Å². The molecule has 1 nitrogen and oxygen atoms in total. The molecule has 0 aliphatic rings. The molecule has 0 fully saturated rings. The summed E-state index contributed by atoms with van der Waals surface area (Å²) in [4.78, 5) is 0. The quantitative estimate of drug-likeness (QED) is 0.166. The third kappa shape index (κ3) is 14.7. The molecular weight excluding hydrogens is 898 g/mol. The van der Waals surface area contributed by atoms with E-state index in [4.69, 9.17) is 5.26 Å². The minimum atomic E-state index is -11.2. The van der Waals surface area contributed by atoms with Crippen molar-refractivity contribution in [3.8, 4) is 17.2 Å². The van der Waals surface area contributed by atoms with Crippen molar-refractivity contribution < 1.29 is 39.3 Å². The molecule has 0 atom stereocenters. The van der Waals surface area contributed by atoms with E-state index >= 15 is 0 Å². The molecule has 0 heterocycles. The number of rotatable bonds is 5. The summed E-state index contributed by atoms with van der Waals surface area (Å²) in [7, 11) is -0.431. The topological polar surface area (TPSA) is 23.8 Å². The molecule has 0 saturated carbocycles. The first-order chi connectivity index (χ1) is 19.2. The molecule has 0 aromatic heterocycles. The number of nitriles is 1. The molecule has 45 heavy (non-hydrogen) atoms. The predicted octanol–water partition coefficient (Wildman–Crippen LogP) is 13.3. The van der Waals surface area contributed by atoms with Crippen LogP contribution in [0.5, 0.6) is 0 Å². The van der Waals surface area contributed by atoms with Crippen LogP contribution in [-0.4, -0.2) is 29.8 Å². The van der Waals surface area contributed by atoms with Crippen LogP contribution in [0.2, 0.25) is 0 Å². The van der Waals surface area contributed by atoms with Gasteiger partial charge in [-0.05, 0) is 111 Å². The third-order valence-corrected chi connectivity index (χ3v) is 11.3. The number of hydrogen-bond acceptors (Lipinski definition) is 1. The summed E-state index contributed by atoms with van der Waals surface area (Å²) in [6, 6.07) is 6.81. The molecule has 1 radical (unpaired) electrons. The Bertz CT molecular complexity index is 1310. The molecule has 0 unspecified atom stereocenters. The molecule has 0 aliphatic heterocycles. The van der Waals surface area contributed by atoms with Crippen LogP contribution in [0, 0.1) is 39.0 Å². The van der Waals surface area contributed by atoms with Crippen LogP contribution in [-0.2, 0) is 22.4 Å². The summed E-state index contributed by atoms with van der Waals surface area (Å²) >= 11 is -11.2. The Labute approximate surface area is 289 Å². The van der Waals surface area contributed by atoms with Gasteiger partial charge in [-0.25, -0.2) is 0 Å². The molecule has 2 aromatic rings. The second-order valence-corrected chi connectivity index (χ2v) is 23.9. The molecule has 0 spiro atoms. The fourth-order valence-corrected chi connectivity index (χ4v) is 10.2. The van der Waals surface area contributed by atoms with Crippen molar-refractivity contribution in [1.29, 1.82) is 5.26 Å². The Kier molecular flexibility index (Phi) is 15.9. The van der Waals surface area contributed by atoms with Crippen LogP contribution in [0.15, 0.2) is 12.1 Å². The van der Waals surface area contributed by atoms with Crippen molar-refractivity contribution in [3.05, 3.63) is 51.1 Å². The Morgan fingerprint density at radius 1 is 0.622 bits per heavy atom. The van der Waals surface area contributed by atoms with E-state index in [1.54, 1.807) is 16.9 Å². The van der Waals surface area contributed by atoms with Gasteiger partial charge in [0.25, 0.3) is 0 Å². The first-order valence-electron chi connectivity index (χ1n) is 15.1. The Morgan fingerprint density at radius 3 is 1.16 bits per heavy atom. The van der Waals surface area contributed by atoms with E-state index < -0.39 is 27.4 Å². The fraction of sp³-hybridized carbons (Fsp3) is 0.629. The zero-order valence-corrected chi connectivity index (χ0v) is 35.9. The summed E-state index contributed by atoms with van der Waals surface area (Å²) in [5, 5.41) is 9.40. The molecule has 265 valence electrons. The second kappa shape index (κ2) is 15.4. The fourth-order valence-electron chi connectivity index (χ4n) is 5.80. The summed E-state index contributed by atoms with van der Waals surface area (Å²) in [5.41, 5.74) is 13.6. The third-order valence-electron chi connectivity index (χ3n) is 7.60. The standard InChI is InChI=1S/C33H53P.C2H3N.Au.6FH.Sb/c1-19(2)26-17-27(20(3)4)30(28(18-26)21(5)6)29-24(9)22(7)23(8)25(10)31(29)34(32(11,12)13)33(14,15)16;1-2-3;;;;;;;;/h17-21H,1-16H3;1H3;;6*1H;/q;;;;;;;;;+5/p-6. The summed E-state index contributed by atoms with van der Waals surface area (Å²) < 4.78 is 59.6. The van der Waals surface area contributed by atoms with Crippen molar-refractivity contribution in [2.24, 2.45) is 0 Å². The van der Waals surface area contributed by atoms with Crippen LogP contribution < -0.4 is 5.30 Å². The van der Waals surface area contributed by atoms with E-state index in [9.17, 15) is 16.9 Å². The first-order valence-corrected chi connectivity index (χ1v) is 22.3. The number of halogens is 6. The van der Waals surface area contributed by atoms with Crippen molar-refractivity contribution in [1.82, 2.24) is 0 Å². The van der Waals surface area contributed by atoms with Crippen molar-refractivity contribution in [2.75, 3.05) is 0 Å². The zero-order chi connectivity index (χ0) is 35.6. The van der Waals surface area contributed by atoms with Gasteiger partial charge in [0, 0.05) is 29.3 Å². The average molecular weight is 955 g/mol. The SMILES string of the molecule is CC#N.Cc1c(C)c(C)c(P(C(C)(C)C)C(C)(C)C)c(-c2c(C(C)C)cc(C(C)C)cc2C(C)C)c1C.[Au].[F][Sb-]([F])([F])([F])([F])[F]. The van der Waals surface area contributed by atoms with Crippen LogP contribution >= 0.6 is 7.92 Å². The molecule has 0 N–H and O–H groups in total. The second-order valence-electron chi connectivity index (χ2n) is 14.6. The van der Waals surface area contributed by atoms with Gasteiger partial charge in [0.1, 0.15) is 0 Å². The van der Waals surface area contributed by atoms with Gasteiger partial charge in [-0.3, -0.25) is 0 Å². The Morgan fingerprint density at radius 2 is 0.911 bits per heavy atom. The maximum absolute atomic E-state index is 11.2. The average Bonchev–Trinajstić information content (AvgIpc) is 2.77. The van der Waals surface area contributed by atoms with Crippen LogP contribution in [0.25, 0.3) is 11.1 Å². The van der Waals surface area contributed by atoms with Gasteiger partial charge in [-0.15, -0.1) is 0 Å². The zero-order valence-electron chi connectivity index (χ0n) is 30.3. The van der Waals surface area contributed by atoms with Crippen LogP contribution in [0.4, 0.5) is 16.9 Å². The predicted molar refractivity (Wildman–Crippen MR) is 183 cm³/mol. The van der Waals surface area contributed by atoms with Gasteiger partial charge in [0.05, 0.1) is 6.07 Å². The minimum absolute atomic E-state index is 0. The van der Waals surface area contributed by atoms with Crippen LogP contribution in [0.3, 0.4) is 0 Å². The normalized spacial score (nSPS) is 13.7. The monoisotopic (exact) mass is 953 g/mol. The molecule has 0 amide bonds. The number of benzene rings is 2. The molecule has 0 aliphatic carbocycles. The molecule has 2 aromatic carbocycles. The van der Waals surface area contributed by atoms with E-state index in [2.05, 4.69) is 123 Å². The Balaban J connectivity index is 0. The van der Waals surface area contributed by atoms with Crippen LogP contribution in [0.1, 0.15) is 147 Å². The van der Waals surface area contributed by atoms with Gasteiger partial charge >= 0.3 is 36.4 Å². The van der Waals surface area contributed by atoms with Crippen molar-refractivity contribution >= 4 is 32.7 Å². The summed E-state index contributed by atoms with van der Waals surface area (Å²) in [5.74, 6) is 1.50. The van der Waals surface area contributed by atoms with Gasteiger partial charge < -0.3 is 0 Å². The molecule has 0 saturated heterocycles. The van der Waals surface area contributed by atoms with Gasteiger partial charge in [-0.2, -0.15) is 5.26 Å². The summed E-state index contributed by atoms with van der Waals surface area (Å²) in [6.07, 6.45) is 0. The van der Waals surface area contributed by atoms with Crippen molar-refractivity contribution in [2.45, 2.75) is 146 Å². The van der Waals surface area contributed by atoms with Gasteiger partial charge in [0.2, 0.25) is 0 Å². The molecule has 10 heteroatoms. The Hall–Kier alpha value is -0.502. The molecule has 0 bridgehead atoms. The van der Waals surface area contributed by atoms with E-state index in [0.717, 1.165) is 0 Å². The summed E-state index contributed by atoms with van der Waals surface area (Å²) in [6.45, 7) is 39.9. The van der Waals surface area contributed by atoms with Gasteiger partial charge in [-0.1, -0.05) is 103 Å². The van der Waals surface area contributed by atoms with E-state index in [1.165, 1.54) is 51.4 Å². The van der Waals surface area contributed by atoms with E-state index in [1.807, 2.05) is 0 Å². The maximum atomic E-state index is 9.93. The van der Waals surface area contributed by atoms with Gasteiger partial charge in [0.15, 0.2) is 0 Å². The first kappa shape index (κ1) is 46.6. The number of hydrogen-bond donors (Lipinski definition) is 0. The molecule has 2 rings (SSSR count). The number of nitrogens with zero attached hydrogens (tertiary/aromatic N) is 1. The van der Waals surface area contributed by atoms with Crippen molar-refractivity contribution in [3.63, 3.8) is 0 Å².